The Morgan fingerprint density at radius 3 is 1.92 bits per heavy atom. The fraction of sp³-hybridized carbons (Fsp3) is 0.167. The molecule has 1 saturated heterocycles. The molecule has 0 bridgehead atoms. The molecule has 4 amide bonds. The molecule has 0 unspecified atom stereocenters. The Morgan fingerprint density at radius 1 is 0.865 bits per heavy atom. The number of hydrogen-bond donors (Lipinski definition) is 0. The van der Waals surface area contributed by atoms with E-state index in [0.29, 0.717) is 41.5 Å². The molecule has 1 heterocycles. The van der Waals surface area contributed by atoms with Crippen LogP contribution >= 0.6 is 0 Å². The van der Waals surface area contributed by atoms with E-state index in [1.807, 2.05) is 13.0 Å². The molecule has 1 aliphatic heterocycles. The van der Waals surface area contributed by atoms with Crippen molar-refractivity contribution in [3.63, 3.8) is 0 Å². The van der Waals surface area contributed by atoms with E-state index in [2.05, 4.69) is 6.58 Å². The molecule has 7 nitrogen and oxygen atoms in total. The van der Waals surface area contributed by atoms with Gasteiger partial charge in [0.05, 0.1) is 25.1 Å². The smallest absolute Gasteiger partial charge is 0.343 e. The molecule has 0 aromatic heterocycles. The average Bonchev–Trinajstić information content (AvgIpc) is 2.91. The SMILES string of the molecule is C=CCc1cc(C=C2C(=O)N(c3ccccc3)C(=O)N(c3ccccc3)C2=O)cc(OC)c1OCCC. The highest BCUT2D eigenvalue weighted by Gasteiger charge is 2.43. The van der Waals surface area contributed by atoms with E-state index in [4.69, 9.17) is 9.47 Å². The quantitative estimate of drug-likeness (QED) is 0.213. The third kappa shape index (κ3) is 5.16. The molecule has 3 aromatic rings. The normalized spacial score (nSPS) is 13.6. The second-order valence-corrected chi connectivity index (χ2v) is 8.35. The lowest BCUT2D eigenvalue weighted by Crippen LogP contribution is -2.57. The zero-order valence-electron chi connectivity index (χ0n) is 20.8. The maximum absolute atomic E-state index is 13.6. The van der Waals surface area contributed by atoms with Crippen molar-refractivity contribution in [3.8, 4) is 11.5 Å². The summed E-state index contributed by atoms with van der Waals surface area (Å²) < 4.78 is 11.5. The van der Waals surface area contributed by atoms with Gasteiger partial charge >= 0.3 is 6.03 Å². The maximum Gasteiger partial charge on any atom is 0.343 e. The molecule has 0 aliphatic carbocycles. The van der Waals surface area contributed by atoms with Gasteiger partial charge in [-0.3, -0.25) is 9.59 Å². The fourth-order valence-electron chi connectivity index (χ4n) is 4.10. The first-order chi connectivity index (χ1) is 18.0. The number of anilines is 2. The third-order valence-electron chi connectivity index (χ3n) is 5.78. The Labute approximate surface area is 216 Å². The van der Waals surface area contributed by atoms with E-state index in [1.165, 1.54) is 13.2 Å². The molecule has 1 aliphatic rings. The molecule has 4 rings (SSSR count). The van der Waals surface area contributed by atoms with E-state index in [9.17, 15) is 14.4 Å². The van der Waals surface area contributed by atoms with Crippen molar-refractivity contribution < 1.29 is 23.9 Å². The molecule has 0 atom stereocenters. The molecule has 0 saturated carbocycles. The monoisotopic (exact) mass is 496 g/mol. The largest absolute Gasteiger partial charge is 0.493 e. The van der Waals surface area contributed by atoms with Crippen LogP contribution in [0, 0.1) is 0 Å². The lowest BCUT2D eigenvalue weighted by atomic mass is 10.0. The summed E-state index contributed by atoms with van der Waals surface area (Å²) in [4.78, 5) is 42.7. The number of ether oxygens (including phenoxy) is 2. The van der Waals surface area contributed by atoms with Crippen LogP contribution in [0.1, 0.15) is 24.5 Å². The minimum atomic E-state index is -0.738. The number of urea groups is 1. The van der Waals surface area contributed by atoms with Crippen molar-refractivity contribution in [2.75, 3.05) is 23.5 Å². The minimum absolute atomic E-state index is 0.152. The molecule has 0 spiro atoms. The molecule has 188 valence electrons. The van der Waals surface area contributed by atoms with Crippen LogP contribution in [-0.2, 0) is 16.0 Å². The maximum atomic E-state index is 13.6. The Kier molecular flexibility index (Phi) is 7.83. The van der Waals surface area contributed by atoms with Crippen LogP contribution in [0.15, 0.2) is 91.0 Å². The third-order valence-corrected chi connectivity index (χ3v) is 5.78. The number of imide groups is 2. The van der Waals surface area contributed by atoms with Gasteiger partial charge in [-0.15, -0.1) is 6.58 Å². The van der Waals surface area contributed by atoms with Crippen LogP contribution < -0.4 is 19.3 Å². The highest BCUT2D eigenvalue weighted by Crippen LogP contribution is 2.36. The second-order valence-electron chi connectivity index (χ2n) is 8.35. The van der Waals surface area contributed by atoms with Crippen LogP contribution in [0.5, 0.6) is 11.5 Å². The van der Waals surface area contributed by atoms with Crippen molar-refractivity contribution in [2.45, 2.75) is 19.8 Å². The molecule has 3 aromatic carbocycles. The minimum Gasteiger partial charge on any atom is -0.493 e. The van der Waals surface area contributed by atoms with Crippen LogP contribution in [0.2, 0.25) is 0 Å². The van der Waals surface area contributed by atoms with Gasteiger partial charge in [0.15, 0.2) is 11.5 Å². The first kappa shape index (κ1) is 25.4. The van der Waals surface area contributed by atoms with Crippen molar-refractivity contribution in [1.29, 1.82) is 0 Å². The Bertz CT molecular complexity index is 1290. The number of allylic oxidation sites excluding steroid dienone is 1. The lowest BCUT2D eigenvalue weighted by molar-refractivity contribution is -0.121. The molecule has 1 fully saturated rings. The molecular weight excluding hydrogens is 468 g/mol. The van der Waals surface area contributed by atoms with Crippen molar-refractivity contribution >= 4 is 35.3 Å². The Hall–Kier alpha value is -4.65. The zero-order chi connectivity index (χ0) is 26.4. The predicted molar refractivity (Wildman–Crippen MR) is 144 cm³/mol. The molecule has 37 heavy (non-hydrogen) atoms. The molecular formula is C30H28N2O5. The van der Waals surface area contributed by atoms with Crippen molar-refractivity contribution in [1.82, 2.24) is 0 Å². The standard InChI is InChI=1S/C30H28N2O5/c1-4-12-22-18-21(20-26(36-3)27(22)37-17-5-2)19-25-28(33)31(23-13-8-6-9-14-23)30(35)32(29(25)34)24-15-10-7-11-16-24/h4,6-11,13-16,18-20H,1,5,12,17H2,2-3H3. The van der Waals surface area contributed by atoms with Gasteiger partial charge in [0.25, 0.3) is 11.8 Å². The molecule has 7 heteroatoms. The number of nitrogens with zero attached hydrogens (tertiary/aromatic N) is 2. The van der Waals surface area contributed by atoms with Crippen LogP contribution in [0.3, 0.4) is 0 Å². The first-order valence-electron chi connectivity index (χ1n) is 12.0. The van der Waals surface area contributed by atoms with Gasteiger partial charge in [0.1, 0.15) is 5.57 Å². The van der Waals surface area contributed by atoms with Gasteiger partial charge in [-0.1, -0.05) is 49.4 Å². The van der Waals surface area contributed by atoms with Gasteiger partial charge in [0, 0.05) is 5.56 Å². The highest BCUT2D eigenvalue weighted by atomic mass is 16.5. The molecule has 0 radical (unpaired) electrons. The fourth-order valence-corrected chi connectivity index (χ4v) is 4.10. The Morgan fingerprint density at radius 2 is 1.43 bits per heavy atom. The summed E-state index contributed by atoms with van der Waals surface area (Å²) >= 11 is 0. The van der Waals surface area contributed by atoms with E-state index in [-0.39, 0.29) is 5.57 Å². The first-order valence-corrected chi connectivity index (χ1v) is 12.0. The van der Waals surface area contributed by atoms with Gasteiger partial charge < -0.3 is 9.47 Å². The summed E-state index contributed by atoms with van der Waals surface area (Å²) in [5.74, 6) is -0.334. The topological polar surface area (TPSA) is 76.2 Å². The van der Waals surface area contributed by atoms with Crippen LogP contribution in [-0.4, -0.2) is 31.6 Å². The van der Waals surface area contributed by atoms with Gasteiger partial charge in [0.2, 0.25) is 0 Å². The number of amides is 4. The van der Waals surface area contributed by atoms with Crippen LogP contribution in [0.4, 0.5) is 16.2 Å². The van der Waals surface area contributed by atoms with E-state index < -0.39 is 17.8 Å². The number of barbiturate groups is 1. The van der Waals surface area contributed by atoms with Crippen molar-refractivity contribution in [3.05, 3.63) is 102 Å². The zero-order valence-corrected chi connectivity index (χ0v) is 20.8. The summed E-state index contributed by atoms with van der Waals surface area (Å²) in [7, 11) is 1.53. The Balaban J connectivity index is 1.87. The second kappa shape index (κ2) is 11.4. The van der Waals surface area contributed by atoms with E-state index in [1.54, 1.807) is 72.8 Å². The number of para-hydroxylation sites is 2. The number of rotatable bonds is 9. The summed E-state index contributed by atoms with van der Waals surface area (Å²) in [6, 6.07) is 19.9. The van der Waals surface area contributed by atoms with Crippen LogP contribution in [0.25, 0.3) is 6.08 Å². The summed E-state index contributed by atoms with van der Waals surface area (Å²) in [5.41, 5.74) is 1.95. The number of hydrogen-bond acceptors (Lipinski definition) is 5. The number of benzene rings is 3. The molecule has 0 N–H and O–H groups in total. The summed E-state index contributed by atoms with van der Waals surface area (Å²) in [6.45, 7) is 6.35. The van der Waals surface area contributed by atoms with E-state index >= 15 is 0 Å². The van der Waals surface area contributed by atoms with Gasteiger partial charge in [-0.2, -0.15) is 0 Å². The number of carbonyl (C=O) groups excluding carboxylic acids is 3. The average molecular weight is 497 g/mol. The summed E-state index contributed by atoms with van der Waals surface area (Å²) in [6.07, 6.45) is 4.55. The lowest BCUT2D eigenvalue weighted by Gasteiger charge is -2.34. The predicted octanol–water partition coefficient (Wildman–Crippen LogP) is 5.80. The van der Waals surface area contributed by atoms with Gasteiger partial charge in [-0.05, 0) is 60.9 Å². The highest BCUT2D eigenvalue weighted by molar-refractivity contribution is 6.46. The summed E-state index contributed by atoms with van der Waals surface area (Å²) in [5, 5.41) is 0. The van der Waals surface area contributed by atoms with Gasteiger partial charge in [-0.25, -0.2) is 14.6 Å². The number of carbonyl (C=O) groups is 3. The van der Waals surface area contributed by atoms with E-state index in [0.717, 1.165) is 21.8 Å². The number of methoxy groups -OCH3 is 1. The van der Waals surface area contributed by atoms with Crippen molar-refractivity contribution in [2.24, 2.45) is 0 Å².